The Kier molecular flexibility index (Phi) is 4.92. The molecule has 0 radical (unpaired) electrons. The first-order valence-electron chi connectivity index (χ1n) is 5.73. The minimum atomic E-state index is -3.99. The summed E-state index contributed by atoms with van der Waals surface area (Å²) < 4.78 is 36.1. The first-order valence-corrected chi connectivity index (χ1v) is 8.04. The predicted molar refractivity (Wildman–Crippen MR) is 71.3 cm³/mol. The standard InChI is InChI=1S/C12H15ClFNO3S/c1-4-15(8(2)3)12(16)10-7-9(19(13,17)18)5-6-11(10)14/h5-8H,4H2,1-3H3. The quantitative estimate of drug-likeness (QED) is 0.804. The van der Waals surface area contributed by atoms with E-state index in [2.05, 4.69) is 0 Å². The zero-order chi connectivity index (χ0) is 14.8. The summed E-state index contributed by atoms with van der Waals surface area (Å²) in [5.41, 5.74) is -0.294. The molecule has 0 saturated heterocycles. The van der Waals surface area contributed by atoms with Gasteiger partial charge >= 0.3 is 0 Å². The molecule has 0 aliphatic heterocycles. The van der Waals surface area contributed by atoms with Gasteiger partial charge in [-0.05, 0) is 39.0 Å². The first-order chi connectivity index (χ1) is 8.68. The molecule has 0 heterocycles. The Hall–Kier alpha value is -1.14. The maximum atomic E-state index is 13.7. The third-order valence-corrected chi connectivity index (χ3v) is 4.03. The van der Waals surface area contributed by atoms with Crippen LogP contribution < -0.4 is 0 Å². The van der Waals surface area contributed by atoms with E-state index < -0.39 is 20.8 Å². The molecule has 0 aromatic heterocycles. The van der Waals surface area contributed by atoms with Crippen LogP contribution in [0.3, 0.4) is 0 Å². The summed E-state index contributed by atoms with van der Waals surface area (Å²) in [5, 5.41) is 0. The van der Waals surface area contributed by atoms with Crippen molar-refractivity contribution in [1.82, 2.24) is 4.90 Å². The van der Waals surface area contributed by atoms with Crippen molar-refractivity contribution in [2.45, 2.75) is 31.7 Å². The number of benzene rings is 1. The van der Waals surface area contributed by atoms with Crippen LogP contribution in [0.15, 0.2) is 23.1 Å². The van der Waals surface area contributed by atoms with Crippen LogP contribution in [-0.2, 0) is 9.05 Å². The average molecular weight is 308 g/mol. The van der Waals surface area contributed by atoms with Crippen molar-refractivity contribution in [3.05, 3.63) is 29.6 Å². The van der Waals surface area contributed by atoms with Gasteiger partial charge in [-0.3, -0.25) is 4.79 Å². The van der Waals surface area contributed by atoms with Crippen molar-refractivity contribution in [3.8, 4) is 0 Å². The van der Waals surface area contributed by atoms with Crippen molar-refractivity contribution < 1.29 is 17.6 Å². The lowest BCUT2D eigenvalue weighted by Crippen LogP contribution is -2.37. The van der Waals surface area contributed by atoms with E-state index in [1.165, 1.54) is 4.90 Å². The van der Waals surface area contributed by atoms with Crippen LogP contribution in [0.2, 0.25) is 0 Å². The normalized spacial score (nSPS) is 11.7. The van der Waals surface area contributed by atoms with Gasteiger partial charge in [-0.25, -0.2) is 12.8 Å². The summed E-state index contributed by atoms with van der Waals surface area (Å²) in [6.07, 6.45) is 0. The van der Waals surface area contributed by atoms with E-state index in [0.29, 0.717) is 6.54 Å². The number of amides is 1. The van der Waals surface area contributed by atoms with E-state index in [-0.39, 0.29) is 16.5 Å². The Balaban J connectivity index is 3.30. The highest BCUT2D eigenvalue weighted by Gasteiger charge is 2.22. The summed E-state index contributed by atoms with van der Waals surface area (Å²) in [7, 11) is 1.19. The molecule has 7 heteroatoms. The topological polar surface area (TPSA) is 54.5 Å². The highest BCUT2D eigenvalue weighted by molar-refractivity contribution is 8.13. The minimum absolute atomic E-state index is 0.117. The molecule has 1 aromatic rings. The molecule has 0 aliphatic carbocycles. The number of carbonyl (C=O) groups excluding carboxylic acids is 1. The molecular formula is C12H15ClFNO3S. The van der Waals surface area contributed by atoms with Crippen molar-refractivity contribution >= 4 is 25.6 Å². The van der Waals surface area contributed by atoms with Crippen LogP contribution in [-0.4, -0.2) is 31.8 Å². The van der Waals surface area contributed by atoms with Gasteiger partial charge in [-0.1, -0.05) is 0 Å². The number of hydrogen-bond acceptors (Lipinski definition) is 3. The van der Waals surface area contributed by atoms with E-state index >= 15 is 0 Å². The van der Waals surface area contributed by atoms with E-state index in [1.807, 2.05) is 0 Å². The third-order valence-electron chi connectivity index (χ3n) is 2.67. The van der Waals surface area contributed by atoms with Crippen molar-refractivity contribution in [2.24, 2.45) is 0 Å². The van der Waals surface area contributed by atoms with Crippen molar-refractivity contribution in [3.63, 3.8) is 0 Å². The van der Waals surface area contributed by atoms with Crippen LogP contribution in [0, 0.1) is 5.82 Å². The molecule has 19 heavy (non-hydrogen) atoms. The zero-order valence-corrected chi connectivity index (χ0v) is 12.4. The van der Waals surface area contributed by atoms with Crippen LogP contribution in [0.1, 0.15) is 31.1 Å². The van der Waals surface area contributed by atoms with Gasteiger partial charge in [-0.2, -0.15) is 0 Å². The molecule has 0 atom stereocenters. The summed E-state index contributed by atoms with van der Waals surface area (Å²) in [6.45, 7) is 5.74. The van der Waals surface area contributed by atoms with Crippen LogP contribution in [0.5, 0.6) is 0 Å². The highest BCUT2D eigenvalue weighted by atomic mass is 35.7. The van der Waals surface area contributed by atoms with Gasteiger partial charge in [0, 0.05) is 23.3 Å². The van der Waals surface area contributed by atoms with Gasteiger partial charge < -0.3 is 4.90 Å². The fourth-order valence-electron chi connectivity index (χ4n) is 1.72. The van der Waals surface area contributed by atoms with Gasteiger partial charge in [0.1, 0.15) is 5.82 Å². The fourth-order valence-corrected chi connectivity index (χ4v) is 2.50. The van der Waals surface area contributed by atoms with Crippen molar-refractivity contribution in [1.29, 1.82) is 0 Å². The van der Waals surface area contributed by atoms with Crippen LogP contribution >= 0.6 is 10.7 Å². The average Bonchev–Trinajstić information content (AvgIpc) is 2.28. The Morgan fingerprint density at radius 1 is 1.42 bits per heavy atom. The second-order valence-corrected chi connectivity index (χ2v) is 6.83. The molecule has 0 aliphatic rings. The lowest BCUT2D eigenvalue weighted by atomic mass is 10.1. The third kappa shape index (κ3) is 3.67. The SMILES string of the molecule is CCN(C(=O)c1cc(S(=O)(=O)Cl)ccc1F)C(C)C. The molecule has 0 saturated carbocycles. The number of halogens is 2. The molecule has 106 valence electrons. The molecule has 1 amide bonds. The van der Waals surface area contributed by atoms with E-state index in [9.17, 15) is 17.6 Å². The molecule has 1 rings (SSSR count). The minimum Gasteiger partial charge on any atom is -0.336 e. The second-order valence-electron chi connectivity index (χ2n) is 4.26. The second kappa shape index (κ2) is 5.88. The van der Waals surface area contributed by atoms with Gasteiger partial charge in [0.05, 0.1) is 10.5 Å². The van der Waals surface area contributed by atoms with E-state index in [1.54, 1.807) is 20.8 Å². The molecule has 0 spiro atoms. The van der Waals surface area contributed by atoms with Crippen molar-refractivity contribution in [2.75, 3.05) is 6.54 Å². The van der Waals surface area contributed by atoms with E-state index in [4.69, 9.17) is 10.7 Å². The van der Waals surface area contributed by atoms with Gasteiger partial charge in [0.15, 0.2) is 0 Å². The Morgan fingerprint density at radius 2 is 2.00 bits per heavy atom. The monoisotopic (exact) mass is 307 g/mol. The summed E-state index contributed by atoms with van der Waals surface area (Å²) in [6, 6.07) is 2.80. The maximum absolute atomic E-state index is 13.7. The molecule has 0 bridgehead atoms. The van der Waals surface area contributed by atoms with Gasteiger partial charge in [-0.15, -0.1) is 0 Å². The van der Waals surface area contributed by atoms with Gasteiger partial charge in [0.25, 0.3) is 15.0 Å². The Bertz CT molecular complexity index is 587. The smallest absolute Gasteiger partial charge is 0.261 e. The number of nitrogens with zero attached hydrogens (tertiary/aromatic N) is 1. The van der Waals surface area contributed by atoms with Gasteiger partial charge in [0.2, 0.25) is 0 Å². The zero-order valence-electron chi connectivity index (χ0n) is 10.9. The summed E-state index contributed by atoms with van der Waals surface area (Å²) in [4.78, 5) is 13.3. The Labute approximate surface area is 116 Å². The summed E-state index contributed by atoms with van der Waals surface area (Å²) in [5.74, 6) is -1.33. The molecule has 0 fully saturated rings. The summed E-state index contributed by atoms with van der Waals surface area (Å²) >= 11 is 0. The lowest BCUT2D eigenvalue weighted by molar-refractivity contribution is 0.0712. The fraction of sp³-hybridized carbons (Fsp3) is 0.417. The lowest BCUT2D eigenvalue weighted by Gasteiger charge is -2.25. The molecular weight excluding hydrogens is 293 g/mol. The molecule has 4 nitrogen and oxygen atoms in total. The Morgan fingerprint density at radius 3 is 2.42 bits per heavy atom. The number of carbonyl (C=O) groups is 1. The number of rotatable bonds is 4. The largest absolute Gasteiger partial charge is 0.336 e. The molecule has 0 N–H and O–H groups in total. The van der Waals surface area contributed by atoms with Crippen LogP contribution in [0.25, 0.3) is 0 Å². The highest BCUT2D eigenvalue weighted by Crippen LogP contribution is 2.20. The molecule has 0 unspecified atom stereocenters. The molecule has 1 aromatic carbocycles. The predicted octanol–water partition coefficient (Wildman–Crippen LogP) is 2.62. The maximum Gasteiger partial charge on any atom is 0.261 e. The van der Waals surface area contributed by atoms with Crippen LogP contribution in [0.4, 0.5) is 4.39 Å². The first kappa shape index (κ1) is 15.9. The number of hydrogen-bond donors (Lipinski definition) is 0. The van der Waals surface area contributed by atoms with E-state index in [0.717, 1.165) is 18.2 Å².